The van der Waals surface area contributed by atoms with Gasteiger partial charge in [0, 0.05) is 17.6 Å². The zero-order valence-electron chi connectivity index (χ0n) is 13.5. The average Bonchev–Trinajstić information content (AvgIpc) is 2.60. The second-order valence-electron chi connectivity index (χ2n) is 5.08. The van der Waals surface area contributed by atoms with Gasteiger partial charge in [0.1, 0.15) is 5.75 Å². The van der Waals surface area contributed by atoms with Crippen LogP contribution in [0.1, 0.15) is 12.8 Å². The van der Waals surface area contributed by atoms with Gasteiger partial charge in [-0.1, -0.05) is 34.8 Å². The number of hydrogen-bond donors (Lipinski definition) is 1. The number of aromatic nitrogens is 1. The van der Waals surface area contributed by atoms with Crippen LogP contribution in [-0.4, -0.2) is 30.1 Å². The zero-order chi connectivity index (χ0) is 18.9. The molecule has 1 amide bonds. The molecule has 0 bridgehead atoms. The Kier molecular flexibility index (Phi) is 7.97. The molecule has 0 radical (unpaired) electrons. The summed E-state index contributed by atoms with van der Waals surface area (Å²) in [5.41, 5.74) is 0.350. The zero-order valence-corrected chi connectivity index (χ0v) is 15.8. The lowest BCUT2D eigenvalue weighted by molar-refractivity contribution is -0.147. The highest BCUT2D eigenvalue weighted by molar-refractivity contribution is 6.35. The fourth-order valence-electron chi connectivity index (χ4n) is 1.87. The quantitative estimate of drug-likeness (QED) is 0.392. The number of amides is 1. The van der Waals surface area contributed by atoms with E-state index in [-0.39, 0.29) is 18.2 Å². The van der Waals surface area contributed by atoms with Crippen LogP contribution in [0, 0.1) is 0 Å². The van der Waals surface area contributed by atoms with E-state index in [1.165, 1.54) is 6.20 Å². The van der Waals surface area contributed by atoms with E-state index >= 15 is 0 Å². The number of rotatable bonds is 8. The first kappa shape index (κ1) is 20.3. The van der Waals surface area contributed by atoms with Crippen molar-refractivity contribution in [2.75, 3.05) is 18.5 Å². The molecule has 0 atom stereocenters. The van der Waals surface area contributed by atoms with Crippen molar-refractivity contribution in [2.24, 2.45) is 0 Å². The first-order valence-electron chi connectivity index (χ1n) is 7.59. The first-order chi connectivity index (χ1) is 12.5. The highest BCUT2D eigenvalue weighted by Crippen LogP contribution is 2.27. The van der Waals surface area contributed by atoms with E-state index in [1.807, 2.05) is 0 Å². The van der Waals surface area contributed by atoms with Crippen molar-refractivity contribution < 1.29 is 19.1 Å². The molecule has 2 rings (SSSR count). The number of nitrogens with zero attached hydrogens (tertiary/aromatic N) is 1. The molecule has 1 heterocycles. The summed E-state index contributed by atoms with van der Waals surface area (Å²) in [6.45, 7) is -0.137. The van der Waals surface area contributed by atoms with E-state index in [4.69, 9.17) is 44.3 Å². The topological polar surface area (TPSA) is 77.5 Å². The smallest absolute Gasteiger partial charge is 0.306 e. The Morgan fingerprint density at radius 1 is 1.15 bits per heavy atom. The van der Waals surface area contributed by atoms with Crippen molar-refractivity contribution in [1.82, 2.24) is 4.98 Å². The third-order valence-corrected chi connectivity index (χ3v) is 3.91. The van der Waals surface area contributed by atoms with E-state index in [0.717, 1.165) is 0 Å². The Hall–Kier alpha value is -2.02. The molecular weight excluding hydrogens is 403 g/mol. The molecule has 0 unspecified atom stereocenters. The van der Waals surface area contributed by atoms with Crippen LogP contribution in [0.15, 0.2) is 36.5 Å². The van der Waals surface area contributed by atoms with Gasteiger partial charge in [-0.2, -0.15) is 0 Å². The fourth-order valence-corrected chi connectivity index (χ4v) is 2.50. The van der Waals surface area contributed by atoms with E-state index in [1.54, 1.807) is 30.3 Å². The number of benzene rings is 1. The van der Waals surface area contributed by atoms with Crippen molar-refractivity contribution in [3.05, 3.63) is 51.7 Å². The van der Waals surface area contributed by atoms with Crippen molar-refractivity contribution in [3.8, 4) is 5.75 Å². The highest BCUT2D eigenvalue weighted by atomic mass is 35.5. The third-order valence-electron chi connectivity index (χ3n) is 3.07. The minimum absolute atomic E-state index is 0.103. The molecule has 0 spiro atoms. The van der Waals surface area contributed by atoms with Gasteiger partial charge in [0.25, 0.3) is 5.91 Å². The molecule has 2 aromatic rings. The minimum Gasteiger partial charge on any atom is -0.492 e. The van der Waals surface area contributed by atoms with Gasteiger partial charge in [0.15, 0.2) is 11.8 Å². The van der Waals surface area contributed by atoms with Crippen LogP contribution in [0.3, 0.4) is 0 Å². The first-order valence-corrected chi connectivity index (χ1v) is 8.73. The van der Waals surface area contributed by atoms with Gasteiger partial charge in [-0.05, 0) is 36.8 Å². The van der Waals surface area contributed by atoms with Gasteiger partial charge in [-0.15, -0.1) is 0 Å². The minimum atomic E-state index is -0.511. The summed E-state index contributed by atoms with van der Waals surface area (Å²) in [6, 6.07) is 8.09. The third kappa shape index (κ3) is 6.71. The molecule has 138 valence electrons. The van der Waals surface area contributed by atoms with Crippen LogP contribution < -0.4 is 10.1 Å². The molecule has 1 aromatic heterocycles. The number of nitrogens with one attached hydrogen (secondary N) is 1. The van der Waals surface area contributed by atoms with Gasteiger partial charge < -0.3 is 14.8 Å². The number of ether oxygens (including phenoxy) is 2. The molecule has 6 nitrogen and oxygen atoms in total. The molecular formula is C17H15Cl3N2O4. The monoisotopic (exact) mass is 416 g/mol. The number of halogens is 3. The fraction of sp³-hybridized carbons (Fsp3) is 0.235. The molecule has 1 aromatic carbocycles. The second-order valence-corrected chi connectivity index (χ2v) is 6.28. The lowest BCUT2D eigenvalue weighted by Crippen LogP contribution is -2.21. The lowest BCUT2D eigenvalue weighted by atomic mass is 10.3. The van der Waals surface area contributed by atoms with E-state index in [9.17, 15) is 9.59 Å². The standard InChI is InChI=1S/C17H15Cl3N2O4/c18-11-5-6-14(12(19)9-11)25-8-2-4-16(24)26-10-15(23)22-13-3-1-7-21-17(13)20/h1,3,5-7,9H,2,4,8,10H2,(H,22,23). The summed E-state index contributed by atoms with van der Waals surface area (Å²) in [6.07, 6.45) is 2.01. The maximum atomic E-state index is 11.7. The molecule has 0 fully saturated rings. The molecule has 1 N–H and O–H groups in total. The van der Waals surface area contributed by atoms with Crippen molar-refractivity contribution in [3.63, 3.8) is 0 Å². The van der Waals surface area contributed by atoms with Crippen molar-refractivity contribution >= 4 is 52.4 Å². The molecule has 0 saturated carbocycles. The average molecular weight is 418 g/mol. The number of esters is 1. The molecule has 0 aliphatic heterocycles. The molecule has 0 saturated heterocycles. The van der Waals surface area contributed by atoms with Crippen molar-refractivity contribution in [1.29, 1.82) is 0 Å². The lowest BCUT2D eigenvalue weighted by Gasteiger charge is -2.09. The number of carbonyl (C=O) groups excluding carboxylic acids is 2. The normalized spacial score (nSPS) is 10.3. The highest BCUT2D eigenvalue weighted by Gasteiger charge is 2.10. The predicted octanol–water partition coefficient (Wildman–Crippen LogP) is 4.38. The number of carbonyl (C=O) groups is 2. The van der Waals surface area contributed by atoms with Crippen LogP contribution in [-0.2, 0) is 14.3 Å². The molecule has 0 aliphatic carbocycles. The molecule has 26 heavy (non-hydrogen) atoms. The predicted molar refractivity (Wildman–Crippen MR) is 100 cm³/mol. The summed E-state index contributed by atoms with van der Waals surface area (Å²) in [4.78, 5) is 27.2. The Balaban J connectivity index is 1.64. The van der Waals surface area contributed by atoms with Gasteiger partial charge in [-0.3, -0.25) is 9.59 Å². The summed E-state index contributed by atoms with van der Waals surface area (Å²) in [5, 5.41) is 3.57. The van der Waals surface area contributed by atoms with Crippen LogP contribution in [0.5, 0.6) is 5.75 Å². The van der Waals surface area contributed by atoms with Crippen LogP contribution in [0.4, 0.5) is 5.69 Å². The number of hydrogen-bond acceptors (Lipinski definition) is 5. The molecule has 0 aliphatic rings. The van der Waals surface area contributed by atoms with Gasteiger partial charge in [-0.25, -0.2) is 4.98 Å². The van der Waals surface area contributed by atoms with Crippen LogP contribution >= 0.6 is 34.8 Å². The van der Waals surface area contributed by atoms with Gasteiger partial charge in [0.2, 0.25) is 0 Å². The molecule has 9 heteroatoms. The van der Waals surface area contributed by atoms with E-state index in [2.05, 4.69) is 10.3 Å². The maximum absolute atomic E-state index is 11.7. The van der Waals surface area contributed by atoms with Gasteiger partial charge >= 0.3 is 5.97 Å². The van der Waals surface area contributed by atoms with Crippen LogP contribution in [0.25, 0.3) is 0 Å². The SMILES string of the molecule is O=C(COC(=O)CCCOc1ccc(Cl)cc1Cl)Nc1cccnc1Cl. The van der Waals surface area contributed by atoms with Crippen molar-refractivity contribution in [2.45, 2.75) is 12.8 Å². The number of pyridine rings is 1. The second kappa shape index (κ2) is 10.2. The Labute approximate surface area is 165 Å². The Bertz CT molecular complexity index is 786. The van der Waals surface area contributed by atoms with Gasteiger partial charge in [0.05, 0.1) is 17.3 Å². The number of anilines is 1. The summed E-state index contributed by atoms with van der Waals surface area (Å²) >= 11 is 17.6. The Morgan fingerprint density at radius 2 is 1.96 bits per heavy atom. The van der Waals surface area contributed by atoms with E-state index < -0.39 is 18.5 Å². The maximum Gasteiger partial charge on any atom is 0.306 e. The summed E-state index contributed by atoms with van der Waals surface area (Å²) in [5.74, 6) is -0.530. The Morgan fingerprint density at radius 3 is 2.69 bits per heavy atom. The summed E-state index contributed by atoms with van der Waals surface area (Å²) in [7, 11) is 0. The summed E-state index contributed by atoms with van der Waals surface area (Å²) < 4.78 is 10.4. The van der Waals surface area contributed by atoms with Crippen LogP contribution in [0.2, 0.25) is 15.2 Å². The largest absolute Gasteiger partial charge is 0.492 e. The van der Waals surface area contributed by atoms with E-state index in [0.29, 0.717) is 27.9 Å².